The van der Waals surface area contributed by atoms with Gasteiger partial charge in [0.15, 0.2) is 12.2 Å². The van der Waals surface area contributed by atoms with Crippen LogP contribution in [0.5, 0.6) is 0 Å². The molecule has 0 aromatic heterocycles. The molecule has 0 saturated heterocycles. The molecular formula is C54H94O17. The van der Waals surface area contributed by atoms with Gasteiger partial charge in [-0.2, -0.15) is 0 Å². The largest absolute Gasteiger partial charge is 0.466 e. The lowest BCUT2D eigenvalue weighted by Crippen LogP contribution is -2.30. The van der Waals surface area contributed by atoms with E-state index in [1.807, 2.05) is 20.8 Å². The normalized spacial score (nSPS) is 11.8. The van der Waals surface area contributed by atoms with Gasteiger partial charge in [-0.05, 0) is 70.6 Å². The molecule has 0 aliphatic rings. The zero-order chi connectivity index (χ0) is 52.4. The average molecular weight is 1020 g/mol. The fourth-order valence-corrected chi connectivity index (χ4v) is 6.99. The van der Waals surface area contributed by atoms with Crippen molar-refractivity contribution in [3.63, 3.8) is 0 Å². The van der Waals surface area contributed by atoms with Crippen LogP contribution in [0.2, 0.25) is 0 Å². The molecule has 2 unspecified atom stereocenters. The van der Waals surface area contributed by atoms with Gasteiger partial charge in [-0.3, -0.25) is 38.4 Å². The fraction of sp³-hybridized carbons (Fsp3) is 0.852. The highest BCUT2D eigenvalue weighted by Gasteiger charge is 2.20. The molecule has 0 heterocycles. The summed E-state index contributed by atoms with van der Waals surface area (Å²) >= 11 is 0. The van der Waals surface area contributed by atoms with Crippen LogP contribution in [0.3, 0.4) is 0 Å². The van der Waals surface area contributed by atoms with E-state index in [0.717, 1.165) is 128 Å². The zero-order valence-electron chi connectivity index (χ0n) is 44.1. The molecule has 0 rings (SSSR count). The highest BCUT2D eigenvalue weighted by atomic mass is 16.6. The summed E-state index contributed by atoms with van der Waals surface area (Å²) in [6.07, 6.45) is 20.4. The van der Waals surface area contributed by atoms with Crippen LogP contribution in [-0.2, 0) is 76.3 Å². The Morgan fingerprint density at radius 2 is 0.493 bits per heavy atom. The minimum Gasteiger partial charge on any atom is -0.466 e. The average Bonchev–Trinajstić information content (AvgIpc) is 3.34. The molecule has 0 aromatic rings. The summed E-state index contributed by atoms with van der Waals surface area (Å²) in [7, 11) is 0. The standard InChI is InChI=1S/C54H94O17/c1-4-7-38-64-47(56)30-22-14-10-17-26-34-51(60)68-43-46(71-54(63)37-29-21-13-16-24-32-49(58)66-40-9-6-3)44-69-52(61)35-27-19-11-18-25-33-50(59)67-42-45(41-55)70-53(62)36-28-20-12-15-23-31-48(57)65-39-8-5-2/h45-46,55H,4-44H2,1-3H3. The molecule has 1 N–H and O–H groups in total. The number of hydrogen-bond acceptors (Lipinski definition) is 17. The van der Waals surface area contributed by atoms with Crippen LogP contribution in [0.4, 0.5) is 0 Å². The molecule has 0 aromatic carbocycles. The van der Waals surface area contributed by atoms with Gasteiger partial charge in [-0.1, -0.05) is 117 Å². The minimum atomic E-state index is -0.961. The molecule has 0 fully saturated rings. The monoisotopic (exact) mass is 1010 g/mol. The molecule has 0 bridgehead atoms. The number of aliphatic hydroxyl groups is 1. The first-order valence-electron chi connectivity index (χ1n) is 27.4. The molecule has 17 nitrogen and oxygen atoms in total. The van der Waals surface area contributed by atoms with E-state index in [1.54, 1.807) is 0 Å². The first-order valence-corrected chi connectivity index (χ1v) is 27.4. The van der Waals surface area contributed by atoms with Crippen LogP contribution in [-0.4, -0.2) is 111 Å². The van der Waals surface area contributed by atoms with E-state index in [1.165, 1.54) is 0 Å². The Balaban J connectivity index is 4.48. The van der Waals surface area contributed by atoms with E-state index in [0.29, 0.717) is 77.6 Å². The van der Waals surface area contributed by atoms with Crippen molar-refractivity contribution < 1.29 is 81.4 Å². The highest BCUT2D eigenvalue weighted by molar-refractivity contribution is 5.72. The third-order valence-electron chi connectivity index (χ3n) is 11.4. The summed E-state index contributed by atoms with van der Waals surface area (Å²) < 4.78 is 42.4. The molecule has 0 saturated carbocycles. The second-order valence-corrected chi connectivity index (χ2v) is 18.2. The molecule has 0 spiro atoms. The smallest absolute Gasteiger partial charge is 0.306 e. The summed E-state index contributed by atoms with van der Waals surface area (Å²) in [4.78, 5) is 97.6. The van der Waals surface area contributed by atoms with Crippen molar-refractivity contribution in [2.75, 3.05) is 46.2 Å². The lowest BCUT2D eigenvalue weighted by molar-refractivity contribution is -0.167. The van der Waals surface area contributed by atoms with E-state index in [-0.39, 0.29) is 69.8 Å². The summed E-state index contributed by atoms with van der Waals surface area (Å²) in [5.41, 5.74) is 0. The SMILES string of the molecule is CCCCOC(=O)CCCCCCCC(=O)OCC(COC(=O)CCCCCCCC(=O)OCC(CO)OC(=O)CCCCCCCC(=O)OCCCC)OC(=O)CCCCCCCC(=O)OCCCC. The van der Waals surface area contributed by atoms with Gasteiger partial charge in [0.1, 0.15) is 19.8 Å². The predicted molar refractivity (Wildman–Crippen MR) is 267 cm³/mol. The van der Waals surface area contributed by atoms with Crippen molar-refractivity contribution in [1.29, 1.82) is 0 Å². The van der Waals surface area contributed by atoms with Gasteiger partial charge < -0.3 is 43.0 Å². The second-order valence-electron chi connectivity index (χ2n) is 18.2. The van der Waals surface area contributed by atoms with E-state index in [2.05, 4.69) is 0 Å². The minimum absolute atomic E-state index is 0.136. The number of carbonyl (C=O) groups is 8. The Labute approximate surface area is 425 Å². The van der Waals surface area contributed by atoms with Crippen molar-refractivity contribution in [3.8, 4) is 0 Å². The van der Waals surface area contributed by atoms with Gasteiger partial charge in [-0.25, -0.2) is 0 Å². The zero-order valence-corrected chi connectivity index (χ0v) is 44.1. The van der Waals surface area contributed by atoms with E-state index >= 15 is 0 Å². The van der Waals surface area contributed by atoms with E-state index < -0.39 is 48.7 Å². The molecular weight excluding hydrogens is 921 g/mol. The Morgan fingerprint density at radius 1 is 0.282 bits per heavy atom. The molecule has 17 heteroatoms. The van der Waals surface area contributed by atoms with E-state index in [4.69, 9.17) is 37.9 Å². The summed E-state index contributed by atoms with van der Waals surface area (Å²) in [5.74, 6) is -2.87. The van der Waals surface area contributed by atoms with Crippen LogP contribution in [0, 0.1) is 0 Å². The molecule has 0 radical (unpaired) electrons. The first kappa shape index (κ1) is 66.7. The predicted octanol–water partition coefficient (Wildman–Crippen LogP) is 10.4. The van der Waals surface area contributed by atoms with Gasteiger partial charge in [0.05, 0.1) is 26.4 Å². The quantitative estimate of drug-likeness (QED) is 0.0339. The highest BCUT2D eigenvalue weighted by Crippen LogP contribution is 2.14. The number of esters is 8. The first-order chi connectivity index (χ1) is 34.4. The Kier molecular flexibility index (Phi) is 46.3. The summed E-state index contributed by atoms with van der Waals surface area (Å²) in [6, 6.07) is 0. The van der Waals surface area contributed by atoms with Gasteiger partial charge in [0.2, 0.25) is 0 Å². The van der Waals surface area contributed by atoms with E-state index in [9.17, 15) is 43.5 Å². The number of carbonyl (C=O) groups excluding carboxylic acids is 8. The topological polar surface area (TPSA) is 231 Å². The lowest BCUT2D eigenvalue weighted by atomic mass is 10.1. The number of aliphatic hydroxyl groups excluding tert-OH is 1. The van der Waals surface area contributed by atoms with Crippen LogP contribution in [0.1, 0.15) is 239 Å². The maximum absolute atomic E-state index is 12.7. The van der Waals surface area contributed by atoms with Crippen LogP contribution in [0.25, 0.3) is 0 Å². The fourth-order valence-electron chi connectivity index (χ4n) is 6.99. The summed E-state index contributed by atoms with van der Waals surface area (Å²) in [6.45, 7) is 6.28. The lowest BCUT2D eigenvalue weighted by Gasteiger charge is -2.18. The molecule has 0 aliphatic carbocycles. The molecule has 0 aliphatic heterocycles. The molecule has 71 heavy (non-hydrogen) atoms. The van der Waals surface area contributed by atoms with Crippen molar-refractivity contribution >= 4 is 47.8 Å². The third-order valence-corrected chi connectivity index (χ3v) is 11.4. The van der Waals surface area contributed by atoms with Crippen molar-refractivity contribution in [2.45, 2.75) is 251 Å². The van der Waals surface area contributed by atoms with Gasteiger partial charge in [0, 0.05) is 51.4 Å². The van der Waals surface area contributed by atoms with Crippen LogP contribution < -0.4 is 0 Å². The van der Waals surface area contributed by atoms with Gasteiger partial charge >= 0.3 is 47.8 Å². The van der Waals surface area contributed by atoms with Gasteiger partial charge in [0.25, 0.3) is 0 Å². The van der Waals surface area contributed by atoms with Crippen LogP contribution in [0.15, 0.2) is 0 Å². The molecule has 0 amide bonds. The number of unbranched alkanes of at least 4 members (excludes halogenated alkanes) is 19. The van der Waals surface area contributed by atoms with Crippen molar-refractivity contribution in [1.82, 2.24) is 0 Å². The van der Waals surface area contributed by atoms with Crippen molar-refractivity contribution in [2.24, 2.45) is 0 Å². The Bertz CT molecular complexity index is 1400. The van der Waals surface area contributed by atoms with Crippen LogP contribution >= 0.6 is 0 Å². The maximum atomic E-state index is 12.7. The second kappa shape index (κ2) is 49.3. The molecule has 412 valence electrons. The Morgan fingerprint density at radius 3 is 0.746 bits per heavy atom. The summed E-state index contributed by atoms with van der Waals surface area (Å²) in [5, 5.41) is 9.62. The molecule has 2 atom stereocenters. The number of ether oxygens (including phenoxy) is 8. The van der Waals surface area contributed by atoms with Crippen molar-refractivity contribution in [3.05, 3.63) is 0 Å². The number of rotatable bonds is 50. The van der Waals surface area contributed by atoms with Gasteiger partial charge in [-0.15, -0.1) is 0 Å². The maximum Gasteiger partial charge on any atom is 0.306 e. The number of hydrogen-bond donors (Lipinski definition) is 1. The third kappa shape index (κ3) is 46.5. The Hall–Kier alpha value is -4.28.